The zero-order valence-electron chi connectivity index (χ0n) is 25.5. The number of benzene rings is 3. The van der Waals surface area contributed by atoms with E-state index in [1.807, 2.05) is 62.4 Å². The van der Waals surface area contributed by atoms with Crippen LogP contribution >= 0.6 is 11.5 Å². The summed E-state index contributed by atoms with van der Waals surface area (Å²) < 4.78 is 18.4. The molecule has 10 heteroatoms. The molecule has 3 amide bonds. The number of rotatable bonds is 10. The lowest BCUT2D eigenvalue weighted by molar-refractivity contribution is -0.122. The standard InChI is InChI=1S/C35H38FN5O3S/c1-22-13-14-23(2)28(21-22)41(35(44)32-29(37)30(40-45-32)33(42)39-27-11-7-4-8-12-27)31(25-15-17-26(36)18-16-25)34(43)38-20-19-24-9-5-3-6-10-24/h3,5-6,9-10,13-18,21,27,31H,4,7-8,11-12,19-20,37H2,1-2H3,(H,38,43)(H,39,42)/t31-/m1/s1. The first-order chi connectivity index (χ1) is 21.7. The van der Waals surface area contributed by atoms with Crippen LogP contribution in [0.15, 0.2) is 72.8 Å². The lowest BCUT2D eigenvalue weighted by Crippen LogP contribution is -2.45. The van der Waals surface area contributed by atoms with Crippen LogP contribution < -0.4 is 21.3 Å². The summed E-state index contributed by atoms with van der Waals surface area (Å²) in [7, 11) is 0. The number of amides is 3. The average Bonchev–Trinajstić information content (AvgIpc) is 3.43. The largest absolute Gasteiger partial charge is 0.395 e. The number of carbonyl (C=O) groups excluding carboxylic acids is 3. The Morgan fingerprint density at radius 2 is 1.71 bits per heavy atom. The summed E-state index contributed by atoms with van der Waals surface area (Å²) in [5, 5.41) is 6.00. The van der Waals surface area contributed by atoms with Crippen molar-refractivity contribution in [3.63, 3.8) is 0 Å². The summed E-state index contributed by atoms with van der Waals surface area (Å²) in [6, 6.07) is 19.8. The molecule has 0 spiro atoms. The molecule has 1 fully saturated rings. The van der Waals surface area contributed by atoms with Crippen molar-refractivity contribution in [1.29, 1.82) is 0 Å². The molecule has 0 aliphatic heterocycles. The molecule has 1 aromatic heterocycles. The fraction of sp³-hybridized carbons (Fsp3) is 0.314. The van der Waals surface area contributed by atoms with Gasteiger partial charge in [0.1, 0.15) is 16.7 Å². The van der Waals surface area contributed by atoms with E-state index < -0.39 is 29.6 Å². The highest BCUT2D eigenvalue weighted by Crippen LogP contribution is 2.35. The molecule has 234 valence electrons. The van der Waals surface area contributed by atoms with Crippen molar-refractivity contribution in [3.05, 3.63) is 111 Å². The summed E-state index contributed by atoms with van der Waals surface area (Å²) in [5.74, 6) is -1.90. The molecule has 3 aromatic carbocycles. The maximum absolute atomic E-state index is 14.6. The first kappa shape index (κ1) is 31.8. The van der Waals surface area contributed by atoms with Crippen molar-refractivity contribution in [2.24, 2.45) is 0 Å². The number of hydrogen-bond donors (Lipinski definition) is 3. The molecule has 8 nitrogen and oxygen atoms in total. The summed E-state index contributed by atoms with van der Waals surface area (Å²) in [5.41, 5.74) is 10.0. The molecule has 0 radical (unpaired) electrons. The molecular formula is C35H38FN5O3S. The minimum absolute atomic E-state index is 0.000447. The van der Waals surface area contributed by atoms with Crippen molar-refractivity contribution in [1.82, 2.24) is 15.0 Å². The van der Waals surface area contributed by atoms with E-state index in [9.17, 15) is 18.8 Å². The molecule has 1 atom stereocenters. The quantitative estimate of drug-likeness (QED) is 0.191. The smallest absolute Gasteiger partial charge is 0.273 e. The minimum Gasteiger partial charge on any atom is -0.395 e. The third-order valence-corrected chi connectivity index (χ3v) is 9.02. The minimum atomic E-state index is -1.17. The Balaban J connectivity index is 1.52. The number of nitrogens with zero attached hydrogens (tertiary/aromatic N) is 2. The van der Waals surface area contributed by atoms with Crippen molar-refractivity contribution in [2.45, 2.75) is 64.5 Å². The molecular weight excluding hydrogens is 589 g/mol. The van der Waals surface area contributed by atoms with Crippen molar-refractivity contribution < 1.29 is 18.8 Å². The Hall–Kier alpha value is -4.57. The predicted octanol–water partition coefficient (Wildman–Crippen LogP) is 6.29. The second-order valence-electron chi connectivity index (χ2n) is 11.5. The van der Waals surface area contributed by atoms with Gasteiger partial charge in [0.25, 0.3) is 11.8 Å². The summed E-state index contributed by atoms with van der Waals surface area (Å²) >= 11 is 0.831. The van der Waals surface area contributed by atoms with Crippen molar-refractivity contribution >= 4 is 40.6 Å². The highest BCUT2D eigenvalue weighted by Gasteiger charge is 2.37. The van der Waals surface area contributed by atoms with E-state index in [2.05, 4.69) is 15.0 Å². The monoisotopic (exact) mass is 627 g/mol. The molecule has 1 heterocycles. The van der Waals surface area contributed by atoms with Crippen LogP contribution in [0.2, 0.25) is 0 Å². The highest BCUT2D eigenvalue weighted by molar-refractivity contribution is 7.09. The Morgan fingerprint density at radius 1 is 1.00 bits per heavy atom. The molecule has 1 saturated carbocycles. The number of halogens is 1. The fourth-order valence-electron chi connectivity index (χ4n) is 5.70. The van der Waals surface area contributed by atoms with Gasteiger partial charge < -0.3 is 16.4 Å². The van der Waals surface area contributed by atoms with Gasteiger partial charge in [0.05, 0.1) is 5.69 Å². The molecule has 4 N–H and O–H groups in total. The average molecular weight is 628 g/mol. The van der Waals surface area contributed by atoms with Gasteiger partial charge in [-0.15, -0.1) is 0 Å². The van der Waals surface area contributed by atoms with Gasteiger partial charge in [0, 0.05) is 18.3 Å². The maximum atomic E-state index is 14.6. The molecule has 1 aliphatic rings. The van der Waals surface area contributed by atoms with Crippen LogP contribution in [0, 0.1) is 19.7 Å². The molecule has 1 aliphatic carbocycles. The van der Waals surface area contributed by atoms with Crippen molar-refractivity contribution in [3.8, 4) is 0 Å². The van der Waals surface area contributed by atoms with Gasteiger partial charge in [0.2, 0.25) is 5.91 Å². The molecule has 4 aromatic rings. The van der Waals surface area contributed by atoms with Crippen LogP contribution in [0.1, 0.15) is 80.6 Å². The van der Waals surface area contributed by atoms with Gasteiger partial charge in [-0.1, -0.05) is 73.9 Å². The summed E-state index contributed by atoms with van der Waals surface area (Å²) in [6.07, 6.45) is 5.60. The number of carbonyl (C=O) groups is 3. The van der Waals surface area contributed by atoms with E-state index in [0.29, 0.717) is 24.2 Å². The Labute approximate surface area is 267 Å². The van der Waals surface area contributed by atoms with Gasteiger partial charge >= 0.3 is 0 Å². The van der Waals surface area contributed by atoms with Crippen LogP contribution in [0.3, 0.4) is 0 Å². The zero-order chi connectivity index (χ0) is 31.9. The van der Waals surface area contributed by atoms with Crippen LogP contribution in [0.5, 0.6) is 0 Å². The third-order valence-electron chi connectivity index (χ3n) is 8.17. The first-order valence-corrected chi connectivity index (χ1v) is 16.0. The van der Waals surface area contributed by atoms with Crippen LogP contribution in [-0.2, 0) is 11.2 Å². The van der Waals surface area contributed by atoms with Crippen LogP contribution in [0.4, 0.5) is 15.8 Å². The number of nitrogens with one attached hydrogen (secondary N) is 2. The summed E-state index contributed by atoms with van der Waals surface area (Å²) in [4.78, 5) is 43.3. The predicted molar refractivity (Wildman–Crippen MR) is 176 cm³/mol. The van der Waals surface area contributed by atoms with E-state index in [4.69, 9.17) is 5.73 Å². The van der Waals surface area contributed by atoms with Crippen LogP contribution in [-0.4, -0.2) is 34.7 Å². The van der Waals surface area contributed by atoms with Gasteiger partial charge in [0.15, 0.2) is 5.69 Å². The van der Waals surface area contributed by atoms with Crippen LogP contribution in [0.25, 0.3) is 0 Å². The number of nitrogen functional groups attached to an aromatic ring is 1. The number of hydrogen-bond acceptors (Lipinski definition) is 6. The number of aromatic nitrogens is 1. The molecule has 5 rings (SSSR count). The van der Waals surface area contributed by atoms with E-state index in [1.165, 1.54) is 29.2 Å². The lowest BCUT2D eigenvalue weighted by atomic mass is 9.95. The second kappa shape index (κ2) is 14.5. The Bertz CT molecular complexity index is 1650. The lowest BCUT2D eigenvalue weighted by Gasteiger charge is -2.32. The van der Waals surface area contributed by atoms with Crippen molar-refractivity contribution in [2.75, 3.05) is 17.2 Å². The normalized spacial score (nSPS) is 14.0. The van der Waals surface area contributed by atoms with E-state index in [1.54, 1.807) is 0 Å². The van der Waals surface area contributed by atoms with Gasteiger partial charge in [-0.2, -0.15) is 4.37 Å². The number of nitrogens with two attached hydrogens (primary N) is 1. The fourth-order valence-corrected chi connectivity index (χ4v) is 6.44. The SMILES string of the molecule is Cc1ccc(C)c(N(C(=O)c2snc(C(=O)NC3CCCCC3)c2N)[C@@H](C(=O)NCCc2ccccc2)c2ccc(F)cc2)c1. The Morgan fingerprint density at radius 3 is 2.42 bits per heavy atom. The van der Waals surface area contributed by atoms with Gasteiger partial charge in [-0.3, -0.25) is 19.3 Å². The third kappa shape index (κ3) is 7.57. The van der Waals surface area contributed by atoms with E-state index in [0.717, 1.165) is 60.3 Å². The molecule has 45 heavy (non-hydrogen) atoms. The topological polar surface area (TPSA) is 117 Å². The first-order valence-electron chi connectivity index (χ1n) is 15.3. The molecule has 0 saturated heterocycles. The second-order valence-corrected chi connectivity index (χ2v) is 12.3. The van der Waals surface area contributed by atoms with E-state index >= 15 is 0 Å². The zero-order valence-corrected chi connectivity index (χ0v) is 26.3. The van der Waals surface area contributed by atoms with Gasteiger partial charge in [-0.25, -0.2) is 4.39 Å². The van der Waals surface area contributed by atoms with E-state index in [-0.39, 0.29) is 22.3 Å². The maximum Gasteiger partial charge on any atom is 0.273 e. The number of aryl methyl sites for hydroxylation is 2. The molecule has 0 bridgehead atoms. The highest BCUT2D eigenvalue weighted by atomic mass is 32.1. The molecule has 0 unspecified atom stereocenters. The summed E-state index contributed by atoms with van der Waals surface area (Å²) in [6.45, 7) is 4.07. The van der Waals surface area contributed by atoms with Gasteiger partial charge in [-0.05, 0) is 85.1 Å². The Kier molecular flexibility index (Phi) is 10.2. The number of anilines is 2.